The Morgan fingerprint density at radius 3 is 2.27 bits per heavy atom. The van der Waals surface area contributed by atoms with Crippen LogP contribution in [0.3, 0.4) is 0 Å². The van der Waals surface area contributed by atoms with Crippen molar-refractivity contribution in [3.8, 4) is 0 Å². The highest BCUT2D eigenvalue weighted by atomic mass is 19.4. The minimum Gasteiger partial charge on any atom is -0.503 e. The third kappa shape index (κ3) is 5.12. The molecule has 0 fully saturated rings. The fourth-order valence-electron chi connectivity index (χ4n) is 1.61. The second kappa shape index (κ2) is 8.07. The molecule has 3 nitrogen and oxygen atoms in total. The first-order chi connectivity index (χ1) is 10.4. The van der Waals surface area contributed by atoms with Crippen molar-refractivity contribution in [2.24, 2.45) is 0 Å². The summed E-state index contributed by atoms with van der Waals surface area (Å²) < 4.78 is 48.2. The summed E-state index contributed by atoms with van der Waals surface area (Å²) in [5.41, 5.74) is -1.11. The van der Waals surface area contributed by atoms with Gasteiger partial charge < -0.3 is 9.47 Å². The van der Waals surface area contributed by atoms with Crippen LogP contribution in [0.4, 0.5) is 13.2 Å². The fraction of sp³-hybridized carbons (Fsp3) is 0.188. The standard InChI is InChI=1S/C16H15F3O3/c1-21-11-13(15(20)22-2)14(16(17,18)19)10-6-9-12-7-4-3-5-8-12/h3-11H,1-2H3. The Morgan fingerprint density at radius 1 is 1.14 bits per heavy atom. The number of ether oxygens (including phenoxy) is 2. The van der Waals surface area contributed by atoms with Crippen LogP contribution in [0.25, 0.3) is 6.08 Å². The highest BCUT2D eigenvalue weighted by Gasteiger charge is 2.38. The second-order valence-corrected chi connectivity index (χ2v) is 4.11. The molecule has 0 aliphatic heterocycles. The van der Waals surface area contributed by atoms with E-state index < -0.39 is 23.3 Å². The van der Waals surface area contributed by atoms with Crippen LogP contribution >= 0.6 is 0 Å². The Bertz CT molecular complexity index is 584. The summed E-state index contributed by atoms with van der Waals surface area (Å²) in [6.45, 7) is 0. The van der Waals surface area contributed by atoms with Gasteiger partial charge >= 0.3 is 12.1 Å². The second-order valence-electron chi connectivity index (χ2n) is 4.11. The van der Waals surface area contributed by atoms with Gasteiger partial charge in [-0.25, -0.2) is 4.79 Å². The van der Waals surface area contributed by atoms with Gasteiger partial charge in [0.2, 0.25) is 0 Å². The minimum atomic E-state index is -4.72. The molecule has 1 rings (SSSR count). The van der Waals surface area contributed by atoms with Gasteiger partial charge in [0.05, 0.1) is 26.1 Å². The number of rotatable bonds is 5. The first-order valence-corrected chi connectivity index (χ1v) is 6.22. The average Bonchev–Trinajstić information content (AvgIpc) is 2.49. The molecule has 0 atom stereocenters. The molecule has 0 spiro atoms. The Morgan fingerprint density at radius 2 is 1.77 bits per heavy atom. The average molecular weight is 312 g/mol. The van der Waals surface area contributed by atoms with Gasteiger partial charge in [-0.2, -0.15) is 13.2 Å². The zero-order valence-electron chi connectivity index (χ0n) is 12.1. The molecule has 0 aliphatic carbocycles. The number of carbonyl (C=O) groups excluding carboxylic acids is 1. The van der Waals surface area contributed by atoms with Gasteiger partial charge in [-0.3, -0.25) is 0 Å². The van der Waals surface area contributed by atoms with E-state index in [1.54, 1.807) is 30.3 Å². The predicted octanol–water partition coefficient (Wildman–Crippen LogP) is 3.89. The number of allylic oxidation sites excluding steroid dienone is 2. The van der Waals surface area contributed by atoms with Crippen molar-refractivity contribution >= 4 is 12.0 Å². The first kappa shape index (κ1) is 17.6. The van der Waals surface area contributed by atoms with Crippen LogP contribution in [0.15, 0.2) is 59.9 Å². The number of alkyl halides is 3. The topological polar surface area (TPSA) is 35.5 Å². The number of carbonyl (C=O) groups is 1. The lowest BCUT2D eigenvalue weighted by atomic mass is 10.1. The molecule has 0 amide bonds. The molecule has 0 aromatic heterocycles. The van der Waals surface area contributed by atoms with Crippen molar-refractivity contribution < 1.29 is 27.4 Å². The Labute approximate surface area is 126 Å². The van der Waals surface area contributed by atoms with Gasteiger partial charge in [-0.05, 0) is 11.6 Å². The predicted molar refractivity (Wildman–Crippen MR) is 76.7 cm³/mol. The zero-order valence-corrected chi connectivity index (χ0v) is 12.1. The van der Waals surface area contributed by atoms with Crippen LogP contribution in [0, 0.1) is 0 Å². The van der Waals surface area contributed by atoms with Crippen molar-refractivity contribution in [3.63, 3.8) is 0 Å². The SMILES string of the molecule is COC=C(C(=O)OC)C(=CC=Cc1ccccc1)C(F)(F)F. The summed E-state index contributed by atoms with van der Waals surface area (Å²) in [4.78, 5) is 11.5. The quantitative estimate of drug-likeness (QED) is 0.358. The molecule has 118 valence electrons. The molecule has 1 aromatic rings. The van der Waals surface area contributed by atoms with E-state index in [0.29, 0.717) is 6.26 Å². The van der Waals surface area contributed by atoms with Crippen LogP contribution < -0.4 is 0 Å². The van der Waals surface area contributed by atoms with E-state index in [2.05, 4.69) is 9.47 Å². The molecule has 0 saturated carbocycles. The van der Waals surface area contributed by atoms with E-state index in [1.807, 2.05) is 0 Å². The van der Waals surface area contributed by atoms with Crippen LogP contribution in [0.5, 0.6) is 0 Å². The summed E-state index contributed by atoms with van der Waals surface area (Å²) in [6.07, 6.45) is -0.506. The molecule has 0 saturated heterocycles. The largest absolute Gasteiger partial charge is 0.503 e. The highest BCUT2D eigenvalue weighted by Crippen LogP contribution is 2.32. The van der Waals surface area contributed by atoms with Crippen LogP contribution in [-0.2, 0) is 14.3 Å². The van der Waals surface area contributed by atoms with Crippen molar-refractivity contribution in [1.29, 1.82) is 0 Å². The molecule has 0 radical (unpaired) electrons. The lowest BCUT2D eigenvalue weighted by Gasteiger charge is -2.13. The van der Waals surface area contributed by atoms with Crippen molar-refractivity contribution in [2.75, 3.05) is 14.2 Å². The molecular formula is C16H15F3O3. The zero-order chi connectivity index (χ0) is 16.6. The first-order valence-electron chi connectivity index (χ1n) is 6.22. The molecule has 1 aromatic carbocycles. The van der Waals surface area contributed by atoms with Crippen LogP contribution in [-0.4, -0.2) is 26.4 Å². The van der Waals surface area contributed by atoms with E-state index in [0.717, 1.165) is 25.9 Å². The molecule has 0 unspecified atom stereocenters. The molecular weight excluding hydrogens is 297 g/mol. The molecule has 0 bridgehead atoms. The summed E-state index contributed by atoms with van der Waals surface area (Å²) in [5.74, 6) is -1.13. The minimum absolute atomic E-state index is 0.699. The highest BCUT2D eigenvalue weighted by molar-refractivity contribution is 5.93. The van der Waals surface area contributed by atoms with Gasteiger partial charge in [0, 0.05) is 0 Å². The lowest BCUT2D eigenvalue weighted by molar-refractivity contribution is -0.138. The fourth-order valence-corrected chi connectivity index (χ4v) is 1.61. The number of hydrogen-bond donors (Lipinski definition) is 0. The summed E-state index contributed by atoms with van der Waals surface area (Å²) >= 11 is 0. The number of halogens is 3. The van der Waals surface area contributed by atoms with Crippen LogP contribution in [0.2, 0.25) is 0 Å². The maximum atomic E-state index is 13.1. The number of esters is 1. The third-order valence-corrected chi connectivity index (χ3v) is 2.59. The maximum Gasteiger partial charge on any atom is 0.417 e. The number of benzene rings is 1. The summed E-state index contributed by atoms with van der Waals surface area (Å²) in [6, 6.07) is 8.80. The van der Waals surface area contributed by atoms with Gasteiger partial charge in [0.1, 0.15) is 5.57 Å². The number of methoxy groups -OCH3 is 2. The molecule has 0 N–H and O–H groups in total. The normalized spacial score (nSPS) is 13.3. The molecule has 6 heteroatoms. The van der Waals surface area contributed by atoms with E-state index in [-0.39, 0.29) is 0 Å². The Hall–Kier alpha value is -2.50. The van der Waals surface area contributed by atoms with Crippen LogP contribution in [0.1, 0.15) is 5.56 Å². The van der Waals surface area contributed by atoms with E-state index in [4.69, 9.17) is 0 Å². The van der Waals surface area contributed by atoms with Crippen molar-refractivity contribution in [3.05, 3.63) is 65.5 Å². The third-order valence-electron chi connectivity index (χ3n) is 2.59. The Kier molecular flexibility index (Phi) is 6.44. The molecule has 0 aliphatic rings. The van der Waals surface area contributed by atoms with Crippen molar-refractivity contribution in [1.82, 2.24) is 0 Å². The van der Waals surface area contributed by atoms with Crippen molar-refractivity contribution in [2.45, 2.75) is 6.18 Å². The Balaban J connectivity index is 3.17. The van der Waals surface area contributed by atoms with E-state index >= 15 is 0 Å². The molecule has 22 heavy (non-hydrogen) atoms. The summed E-state index contributed by atoms with van der Waals surface area (Å²) in [5, 5.41) is 0. The van der Waals surface area contributed by atoms with Gasteiger partial charge in [0.15, 0.2) is 0 Å². The monoisotopic (exact) mass is 312 g/mol. The maximum absolute atomic E-state index is 13.1. The number of hydrogen-bond acceptors (Lipinski definition) is 3. The lowest BCUT2D eigenvalue weighted by Crippen LogP contribution is -2.19. The van der Waals surface area contributed by atoms with E-state index in [1.165, 1.54) is 12.2 Å². The van der Waals surface area contributed by atoms with E-state index in [9.17, 15) is 18.0 Å². The van der Waals surface area contributed by atoms with Gasteiger partial charge in [-0.1, -0.05) is 42.5 Å². The smallest absolute Gasteiger partial charge is 0.417 e. The van der Waals surface area contributed by atoms with Gasteiger partial charge in [0.25, 0.3) is 0 Å². The van der Waals surface area contributed by atoms with Gasteiger partial charge in [-0.15, -0.1) is 0 Å². The molecule has 0 heterocycles. The summed E-state index contributed by atoms with van der Waals surface area (Å²) in [7, 11) is 2.15.